The molecule has 0 atom stereocenters. The smallest absolute Gasteiger partial charge is 0.374 e. The van der Waals surface area contributed by atoms with Gasteiger partial charge in [-0.2, -0.15) is 0 Å². The number of nitrogens with one attached hydrogen (secondary N) is 1. The fraction of sp³-hybridized carbons (Fsp3) is 0.158. The molecule has 1 amide bonds. The Morgan fingerprint density at radius 1 is 1.21 bits per heavy atom. The molecule has 0 aliphatic carbocycles. The Hall–Kier alpha value is -3.04. The average Bonchev–Trinajstić information content (AvgIpc) is 3.37. The Morgan fingerprint density at radius 2 is 1.93 bits per heavy atom. The second-order valence-electron chi connectivity index (χ2n) is 5.64. The van der Waals surface area contributed by atoms with Crippen molar-refractivity contribution in [2.45, 2.75) is 13.5 Å². The van der Waals surface area contributed by atoms with Crippen molar-refractivity contribution in [1.82, 2.24) is 15.5 Å². The van der Waals surface area contributed by atoms with E-state index >= 15 is 0 Å². The van der Waals surface area contributed by atoms with E-state index in [9.17, 15) is 14.0 Å². The number of aromatic nitrogens is 2. The summed E-state index contributed by atoms with van der Waals surface area (Å²) in [6.07, 6.45) is 1.46. The Morgan fingerprint density at radius 3 is 2.66 bits per heavy atom. The molecule has 0 bridgehead atoms. The van der Waals surface area contributed by atoms with Crippen molar-refractivity contribution in [2.75, 3.05) is 6.61 Å². The molecule has 0 spiro atoms. The first-order chi connectivity index (χ1) is 14.0. The van der Waals surface area contributed by atoms with Gasteiger partial charge in [0.05, 0.1) is 11.6 Å². The summed E-state index contributed by atoms with van der Waals surface area (Å²) in [6, 6.07) is 8.83. The third-order valence-corrected chi connectivity index (χ3v) is 4.92. The minimum Gasteiger partial charge on any atom is -0.460 e. The summed E-state index contributed by atoms with van der Waals surface area (Å²) in [7, 11) is 0. The van der Waals surface area contributed by atoms with Crippen LogP contribution >= 0.6 is 22.9 Å². The number of nitrogens with zero attached hydrogens (tertiary/aromatic N) is 2. The van der Waals surface area contributed by atoms with E-state index in [1.807, 2.05) is 0 Å². The zero-order chi connectivity index (χ0) is 20.8. The number of esters is 1. The van der Waals surface area contributed by atoms with Crippen LogP contribution in [0.1, 0.15) is 43.6 Å². The highest BCUT2D eigenvalue weighted by Gasteiger charge is 2.16. The van der Waals surface area contributed by atoms with Crippen LogP contribution in [0.5, 0.6) is 0 Å². The van der Waals surface area contributed by atoms with Crippen molar-refractivity contribution < 1.29 is 23.1 Å². The molecule has 0 aliphatic heterocycles. The quantitative estimate of drug-likeness (QED) is 0.561. The van der Waals surface area contributed by atoms with Gasteiger partial charge in [-0.05, 0) is 36.8 Å². The summed E-state index contributed by atoms with van der Waals surface area (Å²) in [6.45, 7) is 2.16. The number of hydrogen-bond acceptors (Lipinski definition) is 7. The number of rotatable bonds is 7. The van der Waals surface area contributed by atoms with Crippen molar-refractivity contribution in [3.8, 4) is 0 Å². The van der Waals surface area contributed by atoms with E-state index in [2.05, 4.69) is 15.5 Å². The topological polar surface area (TPSA) is 94.3 Å². The van der Waals surface area contributed by atoms with Crippen LogP contribution in [0.25, 0.3) is 11.1 Å². The minimum atomic E-state index is -0.570. The molecular formula is C19H15ClFN3O4S. The molecule has 3 rings (SSSR count). The van der Waals surface area contributed by atoms with Gasteiger partial charge in [-0.25, -0.2) is 9.18 Å². The number of halogens is 2. The number of carbonyl (C=O) groups excluding carboxylic acids is 2. The normalized spacial score (nSPS) is 11.3. The van der Waals surface area contributed by atoms with Gasteiger partial charge in [0.15, 0.2) is 5.01 Å². The Kier molecular flexibility index (Phi) is 6.73. The average molecular weight is 436 g/mol. The molecule has 1 aromatic carbocycles. The number of ether oxygens (including phenoxy) is 1. The SMILES string of the molecule is CCOC(=O)c1ccc(/C=C(\Cl)c2nnc(C(=O)NCc3ccc(F)cc3)s2)o1. The highest BCUT2D eigenvalue weighted by atomic mass is 35.5. The Bertz CT molecular complexity index is 1050. The van der Waals surface area contributed by atoms with E-state index in [4.69, 9.17) is 20.8 Å². The second-order valence-corrected chi connectivity index (χ2v) is 7.02. The van der Waals surface area contributed by atoms with Gasteiger partial charge in [0.2, 0.25) is 10.8 Å². The maximum atomic E-state index is 12.9. The second kappa shape index (κ2) is 9.44. The maximum Gasteiger partial charge on any atom is 0.374 e. The Labute approximate surface area is 174 Å². The molecular weight excluding hydrogens is 421 g/mol. The van der Waals surface area contributed by atoms with Crippen molar-refractivity contribution in [1.29, 1.82) is 0 Å². The predicted octanol–water partition coefficient (Wildman–Crippen LogP) is 4.11. The maximum absolute atomic E-state index is 12.9. The zero-order valence-corrected chi connectivity index (χ0v) is 16.7. The molecule has 0 saturated heterocycles. The summed E-state index contributed by atoms with van der Waals surface area (Å²) in [5.41, 5.74) is 0.748. The number of carbonyl (C=O) groups is 2. The van der Waals surface area contributed by atoms with E-state index in [0.29, 0.717) is 10.8 Å². The van der Waals surface area contributed by atoms with Crippen LogP contribution in [0.3, 0.4) is 0 Å². The van der Waals surface area contributed by atoms with Crippen molar-refractivity contribution in [2.24, 2.45) is 0 Å². The molecule has 0 unspecified atom stereocenters. The number of amides is 1. The van der Waals surface area contributed by atoms with Crippen LogP contribution in [0, 0.1) is 5.82 Å². The van der Waals surface area contributed by atoms with Gasteiger partial charge < -0.3 is 14.5 Å². The van der Waals surface area contributed by atoms with E-state index in [1.165, 1.54) is 24.3 Å². The van der Waals surface area contributed by atoms with Crippen LogP contribution in [0.2, 0.25) is 0 Å². The first-order valence-corrected chi connectivity index (χ1v) is 9.66. The molecule has 3 aromatic rings. The number of hydrogen-bond donors (Lipinski definition) is 1. The molecule has 150 valence electrons. The molecule has 10 heteroatoms. The zero-order valence-electron chi connectivity index (χ0n) is 15.1. The first-order valence-electron chi connectivity index (χ1n) is 8.47. The fourth-order valence-electron chi connectivity index (χ4n) is 2.20. The van der Waals surface area contributed by atoms with Crippen LogP contribution in [0.15, 0.2) is 40.8 Å². The van der Waals surface area contributed by atoms with E-state index < -0.39 is 11.9 Å². The highest BCUT2D eigenvalue weighted by molar-refractivity contribution is 7.15. The molecule has 0 aliphatic rings. The van der Waals surface area contributed by atoms with Gasteiger partial charge in [0, 0.05) is 12.6 Å². The van der Waals surface area contributed by atoms with Gasteiger partial charge in [-0.1, -0.05) is 35.1 Å². The third-order valence-electron chi connectivity index (χ3n) is 3.56. The van der Waals surface area contributed by atoms with Gasteiger partial charge in [0.1, 0.15) is 11.6 Å². The standard InChI is InChI=1S/C19H15ClFN3O4S/c1-2-27-19(26)15-8-7-13(28-15)9-14(20)17-23-24-18(29-17)16(25)22-10-11-3-5-12(21)6-4-11/h3-9H,2,10H2,1H3,(H,22,25)/b14-9-. The molecule has 29 heavy (non-hydrogen) atoms. The van der Waals surface area contributed by atoms with E-state index in [-0.39, 0.29) is 34.8 Å². The van der Waals surface area contributed by atoms with E-state index in [0.717, 1.165) is 16.9 Å². The lowest BCUT2D eigenvalue weighted by Crippen LogP contribution is -2.22. The monoisotopic (exact) mass is 435 g/mol. The summed E-state index contributed by atoms with van der Waals surface area (Å²) >= 11 is 7.22. The van der Waals surface area contributed by atoms with Crippen molar-refractivity contribution in [3.63, 3.8) is 0 Å². The lowest BCUT2D eigenvalue weighted by Gasteiger charge is -2.02. The fourth-order valence-corrected chi connectivity index (χ4v) is 3.13. The van der Waals surface area contributed by atoms with Gasteiger partial charge in [-0.3, -0.25) is 4.79 Å². The van der Waals surface area contributed by atoms with Gasteiger partial charge in [0.25, 0.3) is 5.91 Å². The molecule has 0 saturated carbocycles. The van der Waals surface area contributed by atoms with E-state index in [1.54, 1.807) is 25.1 Å². The van der Waals surface area contributed by atoms with Crippen LogP contribution in [-0.2, 0) is 11.3 Å². The summed E-state index contributed by atoms with van der Waals surface area (Å²) in [4.78, 5) is 23.8. The molecule has 2 aromatic heterocycles. The lowest BCUT2D eigenvalue weighted by atomic mass is 10.2. The minimum absolute atomic E-state index is 0.0562. The summed E-state index contributed by atoms with van der Waals surface area (Å²) in [5.74, 6) is -0.957. The lowest BCUT2D eigenvalue weighted by molar-refractivity contribution is 0.0489. The molecule has 2 heterocycles. The highest BCUT2D eigenvalue weighted by Crippen LogP contribution is 2.26. The van der Waals surface area contributed by atoms with Gasteiger partial charge in [-0.15, -0.1) is 10.2 Å². The molecule has 0 radical (unpaired) electrons. The summed E-state index contributed by atoms with van der Waals surface area (Å²) < 4.78 is 23.1. The van der Waals surface area contributed by atoms with Crippen LogP contribution in [-0.4, -0.2) is 28.7 Å². The predicted molar refractivity (Wildman–Crippen MR) is 106 cm³/mol. The third kappa shape index (κ3) is 5.49. The van der Waals surface area contributed by atoms with Crippen molar-refractivity contribution >= 4 is 45.9 Å². The largest absolute Gasteiger partial charge is 0.460 e. The molecule has 1 N–H and O–H groups in total. The first kappa shape index (κ1) is 20.7. The Balaban J connectivity index is 1.63. The van der Waals surface area contributed by atoms with Crippen molar-refractivity contribution in [3.05, 3.63) is 69.3 Å². The number of furan rings is 1. The van der Waals surface area contributed by atoms with Crippen LogP contribution < -0.4 is 5.32 Å². The molecule has 7 nitrogen and oxygen atoms in total. The van der Waals surface area contributed by atoms with Crippen LogP contribution in [0.4, 0.5) is 4.39 Å². The summed E-state index contributed by atoms with van der Waals surface area (Å²) in [5, 5.41) is 11.0. The molecule has 0 fully saturated rings. The van der Waals surface area contributed by atoms with Gasteiger partial charge >= 0.3 is 5.97 Å². The number of benzene rings is 1.